The largest absolute Gasteiger partial charge is 0.480 e. The monoisotopic (exact) mass is 341 g/mol. The van der Waals surface area contributed by atoms with Crippen molar-refractivity contribution in [3.8, 4) is 5.69 Å². The molecular formula is C19H23N3O3. The van der Waals surface area contributed by atoms with Crippen molar-refractivity contribution in [1.29, 1.82) is 0 Å². The third-order valence-electron chi connectivity index (χ3n) is 4.46. The van der Waals surface area contributed by atoms with Gasteiger partial charge in [0.25, 0.3) is 5.91 Å². The Hall–Kier alpha value is -2.63. The minimum Gasteiger partial charge on any atom is -0.480 e. The molecule has 2 N–H and O–H groups in total. The number of fused-ring (bicyclic) bond motifs is 1. The van der Waals surface area contributed by atoms with Crippen molar-refractivity contribution in [2.24, 2.45) is 5.92 Å². The minimum absolute atomic E-state index is 0.175. The van der Waals surface area contributed by atoms with Gasteiger partial charge in [-0.3, -0.25) is 4.79 Å². The average molecular weight is 341 g/mol. The highest BCUT2D eigenvalue weighted by Crippen LogP contribution is 2.27. The molecule has 0 radical (unpaired) electrons. The topological polar surface area (TPSA) is 84.2 Å². The molecule has 1 aliphatic carbocycles. The number of benzene rings is 1. The van der Waals surface area contributed by atoms with E-state index in [1.165, 1.54) is 0 Å². The fourth-order valence-corrected chi connectivity index (χ4v) is 3.32. The molecule has 0 spiro atoms. The summed E-state index contributed by atoms with van der Waals surface area (Å²) in [5.41, 5.74) is 3.25. The summed E-state index contributed by atoms with van der Waals surface area (Å²) in [6.45, 7) is 3.87. The van der Waals surface area contributed by atoms with E-state index in [0.29, 0.717) is 12.1 Å². The Morgan fingerprint density at radius 1 is 1.24 bits per heavy atom. The van der Waals surface area contributed by atoms with Gasteiger partial charge in [0, 0.05) is 11.3 Å². The van der Waals surface area contributed by atoms with Crippen LogP contribution < -0.4 is 5.32 Å². The number of rotatable bonds is 6. The number of carbonyl (C=O) groups excluding carboxylic acids is 1. The predicted octanol–water partition coefficient (Wildman–Crippen LogP) is 2.59. The van der Waals surface area contributed by atoms with Crippen LogP contribution in [0.1, 0.15) is 48.4 Å². The molecule has 1 aliphatic rings. The molecule has 0 fully saturated rings. The zero-order valence-electron chi connectivity index (χ0n) is 14.5. The zero-order chi connectivity index (χ0) is 18.0. The van der Waals surface area contributed by atoms with Gasteiger partial charge >= 0.3 is 5.97 Å². The quantitative estimate of drug-likeness (QED) is 0.846. The Kier molecular flexibility index (Phi) is 4.88. The molecule has 0 saturated heterocycles. The molecule has 3 rings (SSSR count). The number of carboxylic acids is 1. The normalized spacial score (nSPS) is 14.4. The number of hydrogen-bond acceptors (Lipinski definition) is 3. The number of para-hydroxylation sites is 1. The average Bonchev–Trinajstić information content (AvgIpc) is 3.16. The second-order valence-electron chi connectivity index (χ2n) is 6.87. The predicted molar refractivity (Wildman–Crippen MR) is 93.9 cm³/mol. The van der Waals surface area contributed by atoms with E-state index in [0.717, 1.165) is 36.2 Å². The number of carboxylic acid groups (broad SMARTS) is 1. The van der Waals surface area contributed by atoms with Crippen LogP contribution in [0.5, 0.6) is 0 Å². The first-order chi connectivity index (χ1) is 12.0. The van der Waals surface area contributed by atoms with E-state index in [9.17, 15) is 14.7 Å². The van der Waals surface area contributed by atoms with Crippen LogP contribution in [0.15, 0.2) is 30.3 Å². The van der Waals surface area contributed by atoms with Crippen LogP contribution in [0.25, 0.3) is 5.69 Å². The molecule has 1 aromatic carbocycles. The molecule has 6 nitrogen and oxygen atoms in total. The van der Waals surface area contributed by atoms with Crippen LogP contribution in [0.3, 0.4) is 0 Å². The number of hydrogen-bond donors (Lipinski definition) is 2. The Morgan fingerprint density at radius 2 is 1.96 bits per heavy atom. The van der Waals surface area contributed by atoms with Crippen molar-refractivity contribution in [3.05, 3.63) is 47.3 Å². The number of nitrogens with zero attached hydrogens (tertiary/aromatic N) is 2. The molecule has 1 aromatic heterocycles. The summed E-state index contributed by atoms with van der Waals surface area (Å²) < 4.78 is 1.81. The smallest absolute Gasteiger partial charge is 0.326 e. The van der Waals surface area contributed by atoms with Gasteiger partial charge in [-0.15, -0.1) is 0 Å². The lowest BCUT2D eigenvalue weighted by Crippen LogP contribution is -2.42. The number of amides is 1. The van der Waals surface area contributed by atoms with Crippen molar-refractivity contribution in [3.63, 3.8) is 0 Å². The highest BCUT2D eigenvalue weighted by molar-refractivity contribution is 5.96. The molecular weight excluding hydrogens is 318 g/mol. The van der Waals surface area contributed by atoms with E-state index < -0.39 is 17.9 Å². The first kappa shape index (κ1) is 17.2. The highest BCUT2D eigenvalue weighted by Gasteiger charge is 2.29. The summed E-state index contributed by atoms with van der Waals surface area (Å²) in [5.74, 6) is -1.24. The molecule has 6 heteroatoms. The van der Waals surface area contributed by atoms with Gasteiger partial charge in [0.05, 0.1) is 5.69 Å². The summed E-state index contributed by atoms with van der Waals surface area (Å²) in [5, 5.41) is 16.5. The second-order valence-corrected chi connectivity index (χ2v) is 6.87. The van der Waals surface area contributed by atoms with E-state index >= 15 is 0 Å². The fourth-order valence-electron chi connectivity index (χ4n) is 3.32. The third-order valence-corrected chi connectivity index (χ3v) is 4.46. The van der Waals surface area contributed by atoms with E-state index in [-0.39, 0.29) is 5.92 Å². The van der Waals surface area contributed by atoms with Crippen LogP contribution in [0.4, 0.5) is 0 Å². The van der Waals surface area contributed by atoms with Gasteiger partial charge in [-0.2, -0.15) is 5.10 Å². The second kappa shape index (κ2) is 7.09. The number of nitrogens with one attached hydrogen (secondary N) is 1. The molecule has 0 saturated carbocycles. The molecule has 1 atom stereocenters. The zero-order valence-corrected chi connectivity index (χ0v) is 14.5. The summed E-state index contributed by atoms with van der Waals surface area (Å²) in [6.07, 6.45) is 3.04. The van der Waals surface area contributed by atoms with Crippen molar-refractivity contribution in [2.45, 2.75) is 45.6 Å². The Balaban J connectivity index is 1.90. The SMILES string of the molecule is CC(C)C[C@@H](NC(=O)c1nn(-c2ccccc2)c2c1CCC2)C(=O)O. The van der Waals surface area contributed by atoms with Gasteiger partial charge in [-0.1, -0.05) is 32.0 Å². The molecule has 25 heavy (non-hydrogen) atoms. The van der Waals surface area contributed by atoms with Gasteiger partial charge in [-0.25, -0.2) is 9.48 Å². The van der Waals surface area contributed by atoms with E-state index in [1.807, 2.05) is 48.9 Å². The summed E-state index contributed by atoms with van der Waals surface area (Å²) in [6, 6.07) is 8.80. The number of carbonyl (C=O) groups is 2. The maximum absolute atomic E-state index is 12.7. The summed E-state index contributed by atoms with van der Waals surface area (Å²) >= 11 is 0. The highest BCUT2D eigenvalue weighted by atomic mass is 16.4. The van der Waals surface area contributed by atoms with Crippen LogP contribution in [-0.4, -0.2) is 32.8 Å². The Bertz CT molecular complexity index is 781. The summed E-state index contributed by atoms with van der Waals surface area (Å²) in [4.78, 5) is 24.1. The van der Waals surface area contributed by atoms with Crippen LogP contribution in [-0.2, 0) is 17.6 Å². The summed E-state index contributed by atoms with van der Waals surface area (Å²) in [7, 11) is 0. The molecule has 2 aromatic rings. The number of aliphatic carboxylic acids is 1. The number of aromatic nitrogens is 2. The first-order valence-corrected chi connectivity index (χ1v) is 8.67. The fraction of sp³-hybridized carbons (Fsp3) is 0.421. The van der Waals surface area contributed by atoms with E-state index in [1.54, 1.807) is 0 Å². The maximum Gasteiger partial charge on any atom is 0.326 e. The van der Waals surface area contributed by atoms with Crippen molar-refractivity contribution >= 4 is 11.9 Å². The van der Waals surface area contributed by atoms with Crippen LogP contribution in [0, 0.1) is 5.92 Å². The van der Waals surface area contributed by atoms with Gasteiger partial charge in [0.15, 0.2) is 5.69 Å². The van der Waals surface area contributed by atoms with Gasteiger partial charge in [0.1, 0.15) is 6.04 Å². The van der Waals surface area contributed by atoms with Crippen molar-refractivity contribution in [2.75, 3.05) is 0 Å². The lowest BCUT2D eigenvalue weighted by atomic mass is 10.0. The Morgan fingerprint density at radius 3 is 2.60 bits per heavy atom. The van der Waals surface area contributed by atoms with Gasteiger partial charge in [-0.05, 0) is 43.7 Å². The van der Waals surface area contributed by atoms with Gasteiger partial charge in [0.2, 0.25) is 0 Å². The molecule has 1 heterocycles. The van der Waals surface area contributed by atoms with E-state index in [4.69, 9.17) is 0 Å². The molecule has 0 aliphatic heterocycles. The lowest BCUT2D eigenvalue weighted by Gasteiger charge is -2.16. The van der Waals surface area contributed by atoms with Gasteiger partial charge < -0.3 is 10.4 Å². The maximum atomic E-state index is 12.7. The standard InChI is InChI=1S/C19H23N3O3/c1-12(2)11-15(19(24)25)20-18(23)17-14-9-6-10-16(14)22(21-17)13-7-4-3-5-8-13/h3-5,7-8,12,15H,6,9-11H2,1-2H3,(H,20,23)(H,24,25)/t15-/m1/s1. The van der Waals surface area contributed by atoms with Crippen LogP contribution in [0.2, 0.25) is 0 Å². The van der Waals surface area contributed by atoms with E-state index in [2.05, 4.69) is 10.4 Å². The molecule has 132 valence electrons. The van der Waals surface area contributed by atoms with Crippen LogP contribution >= 0.6 is 0 Å². The van der Waals surface area contributed by atoms with Crippen molar-refractivity contribution < 1.29 is 14.7 Å². The molecule has 0 bridgehead atoms. The molecule has 1 amide bonds. The first-order valence-electron chi connectivity index (χ1n) is 8.67. The minimum atomic E-state index is -1.01. The third kappa shape index (κ3) is 3.57. The Labute approximate surface area is 146 Å². The molecule has 0 unspecified atom stereocenters. The van der Waals surface area contributed by atoms with Crippen molar-refractivity contribution in [1.82, 2.24) is 15.1 Å². The lowest BCUT2D eigenvalue weighted by molar-refractivity contribution is -0.139.